The third kappa shape index (κ3) is 4.57. The van der Waals surface area contributed by atoms with Crippen molar-refractivity contribution in [2.45, 2.75) is 34.1 Å². The van der Waals surface area contributed by atoms with Gasteiger partial charge in [-0.1, -0.05) is 43.0 Å². The number of aryl methyl sites for hydroxylation is 4. The molecule has 0 saturated heterocycles. The van der Waals surface area contributed by atoms with E-state index in [0.717, 1.165) is 22.3 Å². The number of benzene rings is 2. The predicted octanol–water partition coefficient (Wildman–Crippen LogP) is 4.38. The summed E-state index contributed by atoms with van der Waals surface area (Å²) in [5, 5.41) is 0. The molecule has 0 heterocycles. The maximum absolute atomic E-state index is 12.2. The second-order valence-corrected chi connectivity index (χ2v) is 6.09. The van der Waals surface area contributed by atoms with Crippen LogP contribution in [0.25, 0.3) is 0 Å². The SMILES string of the molecule is C=C(CC(=O)Oc1c(C)cccc1C)C(=O)Oc1c(C)cccc1C. The summed E-state index contributed by atoms with van der Waals surface area (Å²) >= 11 is 0. The Hall–Kier alpha value is -2.88. The first-order valence-corrected chi connectivity index (χ1v) is 8.02. The Morgan fingerprint density at radius 2 is 1.20 bits per heavy atom. The van der Waals surface area contributed by atoms with Gasteiger partial charge in [-0.05, 0) is 49.9 Å². The van der Waals surface area contributed by atoms with Gasteiger partial charge in [-0.15, -0.1) is 0 Å². The van der Waals surface area contributed by atoms with Crippen LogP contribution in [-0.4, -0.2) is 11.9 Å². The van der Waals surface area contributed by atoms with E-state index in [1.807, 2.05) is 64.1 Å². The minimum absolute atomic E-state index is 0.0545. The highest BCUT2D eigenvalue weighted by molar-refractivity contribution is 5.95. The second-order valence-electron chi connectivity index (χ2n) is 6.09. The number of carbonyl (C=O) groups excluding carboxylic acids is 2. The first-order chi connectivity index (χ1) is 11.8. The van der Waals surface area contributed by atoms with Crippen molar-refractivity contribution >= 4 is 11.9 Å². The van der Waals surface area contributed by atoms with E-state index in [4.69, 9.17) is 9.47 Å². The van der Waals surface area contributed by atoms with Crippen molar-refractivity contribution in [1.29, 1.82) is 0 Å². The van der Waals surface area contributed by atoms with Gasteiger partial charge in [-0.25, -0.2) is 4.79 Å². The summed E-state index contributed by atoms with van der Waals surface area (Å²) < 4.78 is 10.8. The highest BCUT2D eigenvalue weighted by Crippen LogP contribution is 2.25. The summed E-state index contributed by atoms with van der Waals surface area (Å²) in [6.45, 7) is 11.1. The zero-order valence-corrected chi connectivity index (χ0v) is 15.0. The minimum atomic E-state index is -0.629. The first-order valence-electron chi connectivity index (χ1n) is 8.02. The number of hydrogen-bond donors (Lipinski definition) is 0. The lowest BCUT2D eigenvalue weighted by atomic mass is 10.1. The number of carbonyl (C=O) groups is 2. The van der Waals surface area contributed by atoms with Crippen LogP contribution in [0.15, 0.2) is 48.6 Å². The van der Waals surface area contributed by atoms with Crippen LogP contribution in [0.3, 0.4) is 0 Å². The standard InChI is InChI=1S/C21H22O4/c1-13-8-6-9-14(2)19(13)24-18(22)12-17(5)21(23)25-20-15(3)10-7-11-16(20)4/h6-11H,5,12H2,1-4H3. The molecule has 0 radical (unpaired) electrons. The van der Waals surface area contributed by atoms with Gasteiger partial charge < -0.3 is 9.47 Å². The van der Waals surface area contributed by atoms with Gasteiger partial charge in [-0.2, -0.15) is 0 Å². The largest absolute Gasteiger partial charge is 0.426 e. The Morgan fingerprint density at radius 3 is 1.64 bits per heavy atom. The molecular weight excluding hydrogens is 316 g/mol. The molecule has 0 bridgehead atoms. The molecule has 2 aromatic carbocycles. The highest BCUT2D eigenvalue weighted by Gasteiger charge is 2.18. The number of para-hydroxylation sites is 2. The van der Waals surface area contributed by atoms with Crippen molar-refractivity contribution in [2.24, 2.45) is 0 Å². The highest BCUT2D eigenvalue weighted by atomic mass is 16.5. The summed E-state index contributed by atoms with van der Waals surface area (Å²) in [6, 6.07) is 11.2. The Balaban J connectivity index is 2.01. The van der Waals surface area contributed by atoms with Gasteiger partial charge >= 0.3 is 11.9 Å². The second kappa shape index (κ2) is 7.79. The Morgan fingerprint density at radius 1 is 0.800 bits per heavy atom. The monoisotopic (exact) mass is 338 g/mol. The lowest BCUT2D eigenvalue weighted by Gasteiger charge is -2.12. The molecule has 25 heavy (non-hydrogen) atoms. The number of esters is 2. The number of rotatable bonds is 5. The average Bonchev–Trinajstić information content (AvgIpc) is 2.54. The summed E-state index contributed by atoms with van der Waals surface area (Å²) in [5.41, 5.74) is 3.46. The zero-order valence-electron chi connectivity index (χ0n) is 15.0. The van der Waals surface area contributed by atoms with Gasteiger partial charge in [0.2, 0.25) is 0 Å². The van der Waals surface area contributed by atoms with Gasteiger partial charge in [0.25, 0.3) is 0 Å². The van der Waals surface area contributed by atoms with Crippen LogP contribution in [0.5, 0.6) is 11.5 Å². The van der Waals surface area contributed by atoms with Gasteiger partial charge in [0.1, 0.15) is 11.5 Å². The van der Waals surface area contributed by atoms with Gasteiger partial charge in [-0.3, -0.25) is 4.79 Å². The van der Waals surface area contributed by atoms with Crippen molar-refractivity contribution < 1.29 is 19.1 Å². The van der Waals surface area contributed by atoms with Crippen molar-refractivity contribution in [3.05, 3.63) is 70.8 Å². The van der Waals surface area contributed by atoms with Crippen LogP contribution in [0.1, 0.15) is 28.7 Å². The molecule has 0 unspecified atom stereocenters. The lowest BCUT2D eigenvalue weighted by molar-refractivity contribution is -0.137. The number of hydrogen-bond acceptors (Lipinski definition) is 4. The fourth-order valence-corrected chi connectivity index (χ4v) is 2.48. The molecule has 0 aliphatic heterocycles. The van der Waals surface area contributed by atoms with Crippen molar-refractivity contribution in [1.82, 2.24) is 0 Å². The molecule has 2 rings (SSSR count). The quantitative estimate of drug-likeness (QED) is 0.461. The smallest absolute Gasteiger partial charge is 0.339 e. The van der Waals surface area contributed by atoms with Crippen LogP contribution < -0.4 is 9.47 Å². The lowest BCUT2D eigenvalue weighted by Crippen LogP contribution is -2.18. The molecule has 2 aromatic rings. The van der Waals surface area contributed by atoms with Crippen LogP contribution >= 0.6 is 0 Å². The Bertz CT molecular complexity index is 793. The van der Waals surface area contributed by atoms with E-state index < -0.39 is 11.9 Å². The van der Waals surface area contributed by atoms with Crippen LogP contribution in [0.4, 0.5) is 0 Å². The molecule has 0 saturated carbocycles. The topological polar surface area (TPSA) is 52.6 Å². The van der Waals surface area contributed by atoms with Gasteiger partial charge in [0.15, 0.2) is 0 Å². The molecule has 0 N–H and O–H groups in total. The van der Waals surface area contributed by atoms with E-state index in [0.29, 0.717) is 11.5 Å². The summed E-state index contributed by atoms with van der Waals surface area (Å²) in [6.07, 6.45) is -0.225. The predicted molar refractivity (Wildman–Crippen MR) is 96.9 cm³/mol. The average molecular weight is 338 g/mol. The zero-order chi connectivity index (χ0) is 18.6. The maximum atomic E-state index is 12.2. The molecule has 0 aliphatic carbocycles. The van der Waals surface area contributed by atoms with Crippen molar-refractivity contribution in [2.75, 3.05) is 0 Å². The molecule has 0 amide bonds. The van der Waals surface area contributed by atoms with E-state index in [-0.39, 0.29) is 12.0 Å². The normalized spacial score (nSPS) is 10.2. The molecule has 0 spiro atoms. The molecule has 4 heteroatoms. The van der Waals surface area contributed by atoms with Crippen molar-refractivity contribution in [3.8, 4) is 11.5 Å². The molecule has 0 aliphatic rings. The van der Waals surface area contributed by atoms with E-state index in [1.165, 1.54) is 0 Å². The Kier molecular flexibility index (Phi) is 5.75. The molecule has 4 nitrogen and oxygen atoms in total. The third-order valence-corrected chi connectivity index (χ3v) is 3.87. The minimum Gasteiger partial charge on any atom is -0.426 e. The van der Waals surface area contributed by atoms with Gasteiger partial charge in [0.05, 0.1) is 6.42 Å². The van der Waals surface area contributed by atoms with E-state index >= 15 is 0 Å². The van der Waals surface area contributed by atoms with E-state index in [1.54, 1.807) is 0 Å². The van der Waals surface area contributed by atoms with Crippen LogP contribution in [0.2, 0.25) is 0 Å². The van der Waals surface area contributed by atoms with Crippen LogP contribution in [0, 0.1) is 27.7 Å². The third-order valence-electron chi connectivity index (χ3n) is 3.87. The van der Waals surface area contributed by atoms with Gasteiger partial charge in [0, 0.05) is 5.57 Å². The molecule has 0 aromatic heterocycles. The van der Waals surface area contributed by atoms with Crippen molar-refractivity contribution in [3.63, 3.8) is 0 Å². The molecule has 0 fully saturated rings. The first kappa shape index (κ1) is 18.5. The summed E-state index contributed by atoms with van der Waals surface area (Å²) in [4.78, 5) is 24.3. The molecular formula is C21H22O4. The fourth-order valence-electron chi connectivity index (χ4n) is 2.48. The molecule has 0 atom stereocenters. The summed E-state index contributed by atoms with van der Waals surface area (Å²) in [5.74, 6) is -0.156. The van der Waals surface area contributed by atoms with E-state index in [9.17, 15) is 9.59 Å². The number of ether oxygens (including phenoxy) is 2. The van der Waals surface area contributed by atoms with E-state index in [2.05, 4.69) is 6.58 Å². The maximum Gasteiger partial charge on any atom is 0.339 e. The fraction of sp³-hybridized carbons (Fsp3) is 0.238. The van der Waals surface area contributed by atoms with Crippen LogP contribution in [-0.2, 0) is 9.59 Å². The Labute approximate surface area is 148 Å². The summed E-state index contributed by atoms with van der Waals surface area (Å²) in [7, 11) is 0. The molecule has 130 valence electrons.